The van der Waals surface area contributed by atoms with Gasteiger partial charge in [0.25, 0.3) is 0 Å². The SMILES string of the molecule is CCCCCC(O)OOC(C)(C)CCC. The van der Waals surface area contributed by atoms with Crippen molar-refractivity contribution in [3.05, 3.63) is 0 Å². The lowest BCUT2D eigenvalue weighted by Crippen LogP contribution is -2.27. The maximum Gasteiger partial charge on any atom is 0.188 e. The maximum atomic E-state index is 9.46. The van der Waals surface area contributed by atoms with Crippen molar-refractivity contribution in [2.75, 3.05) is 0 Å². The van der Waals surface area contributed by atoms with Crippen molar-refractivity contribution in [2.24, 2.45) is 0 Å². The molecule has 0 radical (unpaired) electrons. The second-order valence-corrected chi connectivity index (χ2v) is 4.64. The molecule has 0 aromatic carbocycles. The molecule has 0 saturated heterocycles. The third-order valence-corrected chi connectivity index (χ3v) is 2.29. The van der Waals surface area contributed by atoms with Crippen LogP contribution in [0.3, 0.4) is 0 Å². The predicted molar refractivity (Wildman–Crippen MR) is 61.3 cm³/mol. The van der Waals surface area contributed by atoms with Crippen molar-refractivity contribution < 1.29 is 14.9 Å². The Kier molecular flexibility index (Phi) is 8.02. The highest BCUT2D eigenvalue weighted by atomic mass is 17.2. The Balaban J connectivity index is 3.55. The Hall–Kier alpha value is -0.120. The summed E-state index contributed by atoms with van der Waals surface area (Å²) >= 11 is 0. The van der Waals surface area contributed by atoms with E-state index in [4.69, 9.17) is 9.78 Å². The van der Waals surface area contributed by atoms with Gasteiger partial charge in [0.2, 0.25) is 0 Å². The Morgan fingerprint density at radius 2 is 1.80 bits per heavy atom. The highest BCUT2D eigenvalue weighted by Crippen LogP contribution is 2.18. The maximum absolute atomic E-state index is 9.46. The second kappa shape index (κ2) is 8.08. The Bertz CT molecular complexity index is 146. The summed E-state index contributed by atoms with van der Waals surface area (Å²) < 4.78 is 0. The minimum Gasteiger partial charge on any atom is -0.366 e. The van der Waals surface area contributed by atoms with Crippen LogP contribution in [0, 0.1) is 0 Å². The van der Waals surface area contributed by atoms with Gasteiger partial charge in [-0.05, 0) is 26.7 Å². The van der Waals surface area contributed by atoms with E-state index in [2.05, 4.69) is 13.8 Å². The van der Waals surface area contributed by atoms with Crippen molar-refractivity contribution in [3.8, 4) is 0 Å². The Labute approximate surface area is 93.7 Å². The topological polar surface area (TPSA) is 38.7 Å². The number of aliphatic hydroxyl groups is 1. The van der Waals surface area contributed by atoms with Gasteiger partial charge in [-0.2, -0.15) is 0 Å². The molecule has 1 unspecified atom stereocenters. The molecule has 0 bridgehead atoms. The molecule has 0 aliphatic heterocycles. The molecule has 1 N–H and O–H groups in total. The van der Waals surface area contributed by atoms with Crippen LogP contribution in [0.25, 0.3) is 0 Å². The lowest BCUT2D eigenvalue weighted by molar-refractivity contribution is -0.414. The number of rotatable bonds is 9. The third kappa shape index (κ3) is 8.85. The predicted octanol–water partition coefficient (Wildman–Crippen LogP) is 3.41. The first-order chi connectivity index (χ1) is 7.02. The monoisotopic (exact) mass is 218 g/mol. The third-order valence-electron chi connectivity index (χ3n) is 2.29. The smallest absolute Gasteiger partial charge is 0.188 e. The fourth-order valence-corrected chi connectivity index (χ4v) is 1.45. The molecule has 1 atom stereocenters. The lowest BCUT2D eigenvalue weighted by Gasteiger charge is -2.24. The first kappa shape index (κ1) is 14.9. The summed E-state index contributed by atoms with van der Waals surface area (Å²) in [6, 6.07) is 0. The Morgan fingerprint density at radius 3 is 2.33 bits per heavy atom. The summed E-state index contributed by atoms with van der Waals surface area (Å²) in [6.07, 6.45) is 5.09. The van der Waals surface area contributed by atoms with Gasteiger partial charge in [-0.3, -0.25) is 0 Å². The summed E-state index contributed by atoms with van der Waals surface area (Å²) in [4.78, 5) is 10.2. The van der Waals surface area contributed by atoms with Crippen molar-refractivity contribution in [3.63, 3.8) is 0 Å². The zero-order chi connectivity index (χ0) is 11.7. The van der Waals surface area contributed by atoms with E-state index in [9.17, 15) is 5.11 Å². The largest absolute Gasteiger partial charge is 0.366 e. The van der Waals surface area contributed by atoms with Gasteiger partial charge in [0.05, 0.1) is 5.60 Å². The minimum atomic E-state index is -0.785. The molecule has 0 heterocycles. The second-order valence-electron chi connectivity index (χ2n) is 4.64. The van der Waals surface area contributed by atoms with Crippen LogP contribution >= 0.6 is 0 Å². The molecule has 0 rings (SSSR count). The van der Waals surface area contributed by atoms with Crippen LogP contribution in [0.2, 0.25) is 0 Å². The number of hydrogen-bond donors (Lipinski definition) is 1. The van der Waals surface area contributed by atoms with Gasteiger partial charge in [0, 0.05) is 6.42 Å². The Morgan fingerprint density at radius 1 is 1.13 bits per heavy atom. The van der Waals surface area contributed by atoms with Gasteiger partial charge >= 0.3 is 0 Å². The van der Waals surface area contributed by atoms with E-state index in [1.54, 1.807) is 0 Å². The molecular formula is C12H26O3. The van der Waals surface area contributed by atoms with Crippen LogP contribution in [0.5, 0.6) is 0 Å². The average molecular weight is 218 g/mol. The molecule has 92 valence electrons. The minimum absolute atomic E-state index is 0.305. The molecule has 3 heteroatoms. The van der Waals surface area contributed by atoms with E-state index in [1.807, 2.05) is 13.8 Å². The van der Waals surface area contributed by atoms with Crippen molar-refractivity contribution >= 4 is 0 Å². The van der Waals surface area contributed by atoms with Gasteiger partial charge in [0.15, 0.2) is 6.29 Å². The van der Waals surface area contributed by atoms with Crippen LogP contribution < -0.4 is 0 Å². The molecule has 0 saturated carbocycles. The highest BCUT2D eigenvalue weighted by Gasteiger charge is 2.20. The van der Waals surface area contributed by atoms with Crippen molar-refractivity contribution in [2.45, 2.75) is 78.1 Å². The van der Waals surface area contributed by atoms with Gasteiger partial charge in [0.1, 0.15) is 0 Å². The molecule has 0 fully saturated rings. The van der Waals surface area contributed by atoms with Gasteiger partial charge in [-0.15, -0.1) is 0 Å². The molecule has 0 spiro atoms. The van der Waals surface area contributed by atoms with E-state index >= 15 is 0 Å². The molecular weight excluding hydrogens is 192 g/mol. The molecule has 3 nitrogen and oxygen atoms in total. The van der Waals surface area contributed by atoms with E-state index in [1.165, 1.54) is 0 Å². The lowest BCUT2D eigenvalue weighted by atomic mass is 10.0. The van der Waals surface area contributed by atoms with E-state index in [0.29, 0.717) is 6.42 Å². The summed E-state index contributed by atoms with van der Waals surface area (Å²) in [6.45, 7) is 8.17. The van der Waals surface area contributed by atoms with Crippen LogP contribution in [-0.2, 0) is 9.78 Å². The van der Waals surface area contributed by atoms with Gasteiger partial charge in [-0.1, -0.05) is 33.1 Å². The van der Waals surface area contributed by atoms with Crippen LogP contribution in [0.15, 0.2) is 0 Å². The number of hydrogen-bond acceptors (Lipinski definition) is 3. The molecule has 0 aliphatic carbocycles. The van der Waals surface area contributed by atoms with Crippen LogP contribution in [0.4, 0.5) is 0 Å². The molecule has 15 heavy (non-hydrogen) atoms. The first-order valence-electron chi connectivity index (χ1n) is 6.04. The van der Waals surface area contributed by atoms with Crippen molar-refractivity contribution in [1.82, 2.24) is 0 Å². The number of unbranched alkanes of at least 4 members (excludes halogenated alkanes) is 2. The fourth-order valence-electron chi connectivity index (χ4n) is 1.45. The molecule has 0 aliphatic rings. The standard InChI is InChI=1S/C12H26O3/c1-5-7-8-9-11(13)14-15-12(3,4)10-6-2/h11,13H,5-10H2,1-4H3. The zero-order valence-electron chi connectivity index (χ0n) is 10.6. The number of aliphatic hydroxyl groups excluding tert-OH is 1. The van der Waals surface area contributed by atoms with E-state index in [-0.39, 0.29) is 5.60 Å². The van der Waals surface area contributed by atoms with Crippen molar-refractivity contribution in [1.29, 1.82) is 0 Å². The van der Waals surface area contributed by atoms with Crippen LogP contribution in [-0.4, -0.2) is 17.0 Å². The molecule has 0 aromatic rings. The summed E-state index contributed by atoms with van der Waals surface area (Å²) in [7, 11) is 0. The molecule has 0 aromatic heterocycles. The zero-order valence-corrected chi connectivity index (χ0v) is 10.6. The van der Waals surface area contributed by atoms with Gasteiger partial charge in [-0.25, -0.2) is 9.78 Å². The highest BCUT2D eigenvalue weighted by molar-refractivity contribution is 4.64. The quantitative estimate of drug-likeness (QED) is 0.279. The average Bonchev–Trinajstić information content (AvgIpc) is 2.15. The van der Waals surface area contributed by atoms with E-state index < -0.39 is 6.29 Å². The molecule has 0 amide bonds. The summed E-state index contributed by atoms with van der Waals surface area (Å²) in [5.41, 5.74) is -0.305. The summed E-state index contributed by atoms with van der Waals surface area (Å²) in [5.74, 6) is 0. The first-order valence-corrected chi connectivity index (χ1v) is 6.04. The van der Waals surface area contributed by atoms with E-state index in [0.717, 1.165) is 32.1 Å². The van der Waals surface area contributed by atoms with Gasteiger partial charge < -0.3 is 5.11 Å². The normalized spacial score (nSPS) is 14.2. The summed E-state index contributed by atoms with van der Waals surface area (Å²) in [5, 5.41) is 9.46. The fraction of sp³-hybridized carbons (Fsp3) is 1.00. The van der Waals surface area contributed by atoms with Crippen LogP contribution in [0.1, 0.15) is 66.2 Å².